The molecule has 29 heavy (non-hydrogen) atoms. The highest BCUT2D eigenvalue weighted by Gasteiger charge is 2.39. The number of carbonyl (C=O) groups is 1. The van der Waals surface area contributed by atoms with E-state index in [0.717, 1.165) is 5.56 Å². The largest absolute Gasteiger partial charge is 0.384 e. The van der Waals surface area contributed by atoms with E-state index in [-0.39, 0.29) is 16.6 Å². The van der Waals surface area contributed by atoms with Crippen LogP contribution in [-0.4, -0.2) is 33.4 Å². The molecule has 6 nitrogen and oxygen atoms in total. The van der Waals surface area contributed by atoms with Gasteiger partial charge in [0, 0.05) is 37.4 Å². The third kappa shape index (κ3) is 4.54. The minimum absolute atomic E-state index is 0.180. The summed E-state index contributed by atoms with van der Waals surface area (Å²) in [6, 6.07) is 9.83. The van der Waals surface area contributed by atoms with Crippen molar-refractivity contribution in [3.8, 4) is 0 Å². The molecule has 0 atom stereocenters. The third-order valence-electron chi connectivity index (χ3n) is 5.04. The minimum Gasteiger partial charge on any atom is -0.384 e. The Morgan fingerprint density at radius 3 is 2.76 bits per heavy atom. The van der Waals surface area contributed by atoms with Gasteiger partial charge < -0.3 is 21.3 Å². The van der Waals surface area contributed by atoms with E-state index in [0.29, 0.717) is 30.1 Å². The molecule has 8 heteroatoms. The van der Waals surface area contributed by atoms with Gasteiger partial charge in [0.2, 0.25) is 0 Å². The quantitative estimate of drug-likeness (QED) is 0.653. The number of carbonyl (C=O) groups excluding carboxylic acids is 1. The van der Waals surface area contributed by atoms with Crippen molar-refractivity contribution in [1.82, 2.24) is 15.2 Å². The molecule has 0 unspecified atom stereocenters. The van der Waals surface area contributed by atoms with Crippen LogP contribution in [0, 0.1) is 5.82 Å². The zero-order valence-corrected chi connectivity index (χ0v) is 17.4. The van der Waals surface area contributed by atoms with E-state index in [2.05, 4.69) is 15.6 Å². The van der Waals surface area contributed by atoms with E-state index in [1.54, 1.807) is 42.4 Å². The van der Waals surface area contributed by atoms with Crippen molar-refractivity contribution < 1.29 is 9.18 Å². The van der Waals surface area contributed by atoms with Crippen molar-refractivity contribution in [1.29, 1.82) is 0 Å². The Hall–Kier alpha value is -3.00. The summed E-state index contributed by atoms with van der Waals surface area (Å²) in [5, 5.41) is 6.21. The van der Waals surface area contributed by atoms with Gasteiger partial charge in [-0.3, -0.25) is 4.79 Å². The Labute approximate surface area is 175 Å². The van der Waals surface area contributed by atoms with Crippen LogP contribution in [0.4, 0.5) is 15.9 Å². The summed E-state index contributed by atoms with van der Waals surface area (Å²) in [6.07, 6.45) is 2.21. The molecule has 4 N–H and O–H groups in total. The SMILES string of the molecule is CN1C(=O)C(C(=S)Nc2ccccc2F)=C(NCc2ccnc(N)c2)CC1(C)C. The number of hydrogen-bond donors (Lipinski definition) is 3. The first-order valence-electron chi connectivity index (χ1n) is 9.20. The number of amides is 1. The van der Waals surface area contributed by atoms with Gasteiger partial charge in [0.05, 0.1) is 11.3 Å². The molecule has 152 valence electrons. The Bertz CT molecular complexity index is 989. The first-order chi connectivity index (χ1) is 13.7. The smallest absolute Gasteiger partial charge is 0.258 e. The van der Waals surface area contributed by atoms with Gasteiger partial charge >= 0.3 is 0 Å². The maximum atomic E-state index is 14.1. The van der Waals surface area contributed by atoms with Crippen molar-refractivity contribution in [3.05, 3.63) is 65.2 Å². The van der Waals surface area contributed by atoms with E-state index in [1.807, 2.05) is 19.9 Å². The lowest BCUT2D eigenvalue weighted by atomic mass is 9.88. The molecule has 1 aliphatic heterocycles. The van der Waals surface area contributed by atoms with Gasteiger partial charge in [-0.05, 0) is 43.7 Å². The monoisotopic (exact) mass is 413 g/mol. The lowest BCUT2D eigenvalue weighted by molar-refractivity contribution is -0.131. The van der Waals surface area contributed by atoms with Crippen LogP contribution in [0.1, 0.15) is 25.8 Å². The molecule has 0 aliphatic carbocycles. The highest BCUT2D eigenvalue weighted by atomic mass is 32.1. The molecule has 0 radical (unpaired) electrons. The first kappa shape index (κ1) is 20.7. The zero-order valence-electron chi connectivity index (χ0n) is 16.6. The molecule has 2 heterocycles. The normalized spacial score (nSPS) is 16.0. The average molecular weight is 414 g/mol. The standard InChI is InChI=1S/C21H24FN5OS/c1-21(2)11-16(25-12-13-8-9-24-17(23)10-13)18(20(28)27(21)3)19(29)26-15-7-5-4-6-14(15)22/h4-10,25H,11-12H2,1-3H3,(H2,23,24)(H,26,29). The third-order valence-corrected chi connectivity index (χ3v) is 5.34. The first-order valence-corrected chi connectivity index (χ1v) is 9.61. The molecule has 3 rings (SSSR count). The summed E-state index contributed by atoms with van der Waals surface area (Å²) >= 11 is 5.50. The molecule has 0 bridgehead atoms. The lowest BCUT2D eigenvalue weighted by Gasteiger charge is -2.42. The molecule has 0 saturated carbocycles. The van der Waals surface area contributed by atoms with Crippen LogP contribution in [0.25, 0.3) is 0 Å². The fraction of sp³-hybridized carbons (Fsp3) is 0.286. The van der Waals surface area contributed by atoms with E-state index in [4.69, 9.17) is 18.0 Å². The van der Waals surface area contributed by atoms with Crippen LogP contribution in [-0.2, 0) is 11.3 Å². The van der Waals surface area contributed by atoms with Crippen molar-refractivity contribution in [2.24, 2.45) is 0 Å². The van der Waals surface area contributed by atoms with Crippen LogP contribution >= 0.6 is 12.2 Å². The number of aromatic nitrogens is 1. The Balaban J connectivity index is 1.92. The van der Waals surface area contributed by atoms with E-state index >= 15 is 0 Å². The highest BCUT2D eigenvalue weighted by molar-refractivity contribution is 7.81. The number of benzene rings is 1. The van der Waals surface area contributed by atoms with Crippen LogP contribution in [0.2, 0.25) is 0 Å². The predicted octanol–water partition coefficient (Wildman–Crippen LogP) is 3.23. The van der Waals surface area contributed by atoms with Crippen LogP contribution in [0.15, 0.2) is 53.9 Å². The second-order valence-electron chi connectivity index (χ2n) is 7.58. The average Bonchev–Trinajstić information content (AvgIpc) is 2.66. The molecular weight excluding hydrogens is 389 g/mol. The summed E-state index contributed by atoms with van der Waals surface area (Å²) in [4.78, 5) is 18.9. The Morgan fingerprint density at radius 1 is 1.34 bits per heavy atom. The van der Waals surface area contributed by atoms with Crippen molar-refractivity contribution in [3.63, 3.8) is 0 Å². The van der Waals surface area contributed by atoms with Gasteiger partial charge in [-0.1, -0.05) is 24.4 Å². The number of likely N-dealkylation sites (N-methyl/N-ethyl adjacent to an activating group) is 1. The van der Waals surface area contributed by atoms with Gasteiger partial charge in [-0.2, -0.15) is 0 Å². The number of thiocarbonyl (C=S) groups is 1. The predicted molar refractivity (Wildman–Crippen MR) is 117 cm³/mol. The van der Waals surface area contributed by atoms with Crippen LogP contribution < -0.4 is 16.4 Å². The maximum absolute atomic E-state index is 14.1. The number of nitrogens with one attached hydrogen (secondary N) is 2. The molecule has 1 aliphatic rings. The summed E-state index contributed by atoms with van der Waals surface area (Å²) in [7, 11) is 1.74. The highest BCUT2D eigenvalue weighted by Crippen LogP contribution is 2.31. The second-order valence-corrected chi connectivity index (χ2v) is 7.99. The molecular formula is C21H24FN5OS. The van der Waals surface area contributed by atoms with E-state index in [9.17, 15) is 9.18 Å². The lowest BCUT2D eigenvalue weighted by Crippen LogP contribution is -2.52. The van der Waals surface area contributed by atoms with Crippen molar-refractivity contribution in [2.75, 3.05) is 18.1 Å². The molecule has 1 aromatic carbocycles. The zero-order chi connectivity index (χ0) is 21.2. The van der Waals surface area contributed by atoms with Crippen molar-refractivity contribution in [2.45, 2.75) is 32.4 Å². The second kappa shape index (κ2) is 8.16. The number of para-hydroxylation sites is 1. The molecule has 0 saturated heterocycles. The number of hydrogen-bond acceptors (Lipinski definition) is 5. The topological polar surface area (TPSA) is 83.3 Å². The molecule has 2 aromatic rings. The van der Waals surface area contributed by atoms with Gasteiger partial charge in [-0.25, -0.2) is 9.37 Å². The summed E-state index contributed by atoms with van der Waals surface area (Å²) in [6.45, 7) is 4.43. The fourth-order valence-corrected chi connectivity index (χ4v) is 3.48. The fourth-order valence-electron chi connectivity index (χ4n) is 3.16. The summed E-state index contributed by atoms with van der Waals surface area (Å²) < 4.78 is 14.1. The molecule has 0 fully saturated rings. The van der Waals surface area contributed by atoms with Gasteiger partial charge in [0.25, 0.3) is 5.91 Å². The number of rotatable bonds is 5. The maximum Gasteiger partial charge on any atom is 0.258 e. The number of nitrogen functional groups attached to an aromatic ring is 1. The van der Waals surface area contributed by atoms with Crippen LogP contribution in [0.3, 0.4) is 0 Å². The molecule has 1 amide bonds. The summed E-state index contributed by atoms with van der Waals surface area (Å²) in [5.41, 5.74) is 7.56. The van der Waals surface area contributed by atoms with E-state index < -0.39 is 11.4 Å². The van der Waals surface area contributed by atoms with Gasteiger partial charge in [0.15, 0.2) is 0 Å². The summed E-state index contributed by atoms with van der Waals surface area (Å²) in [5.74, 6) is -0.226. The molecule has 1 aromatic heterocycles. The molecule has 0 spiro atoms. The van der Waals surface area contributed by atoms with Gasteiger partial charge in [-0.15, -0.1) is 0 Å². The number of pyridine rings is 1. The number of nitrogens with zero attached hydrogens (tertiary/aromatic N) is 2. The van der Waals surface area contributed by atoms with Crippen LogP contribution in [0.5, 0.6) is 0 Å². The van der Waals surface area contributed by atoms with Gasteiger partial charge in [0.1, 0.15) is 16.6 Å². The number of anilines is 2. The Kier molecular flexibility index (Phi) is 5.83. The van der Waals surface area contributed by atoms with E-state index in [1.165, 1.54) is 6.07 Å². The Morgan fingerprint density at radius 2 is 2.07 bits per heavy atom. The number of halogens is 1. The number of nitrogens with two attached hydrogens (primary N) is 1. The van der Waals surface area contributed by atoms with Crippen molar-refractivity contribution >= 4 is 34.6 Å². The minimum atomic E-state index is -0.436.